The molecule has 0 aliphatic rings. The van der Waals surface area contributed by atoms with Crippen LogP contribution in [-0.4, -0.2) is 57.0 Å². The van der Waals surface area contributed by atoms with Crippen molar-refractivity contribution < 1.29 is 9.47 Å². The van der Waals surface area contributed by atoms with E-state index in [1.807, 2.05) is 0 Å². The summed E-state index contributed by atoms with van der Waals surface area (Å²) in [6.45, 7) is 8.98. The molecule has 0 heterocycles. The Hall–Kier alpha value is -0.160. The molecule has 18 heavy (non-hydrogen) atoms. The molecule has 0 saturated carbocycles. The van der Waals surface area contributed by atoms with Gasteiger partial charge in [0.1, 0.15) is 0 Å². The van der Waals surface area contributed by atoms with E-state index in [2.05, 4.69) is 25.7 Å². The van der Waals surface area contributed by atoms with Gasteiger partial charge in [-0.15, -0.1) is 0 Å². The Bertz CT molecular complexity index is 191. The van der Waals surface area contributed by atoms with E-state index in [4.69, 9.17) is 15.2 Å². The minimum Gasteiger partial charge on any atom is -0.383 e. The first-order valence-electron chi connectivity index (χ1n) is 7.11. The Morgan fingerprint density at radius 2 is 1.83 bits per heavy atom. The van der Waals surface area contributed by atoms with Gasteiger partial charge in [0.05, 0.1) is 13.2 Å². The van der Waals surface area contributed by atoms with Crippen molar-refractivity contribution in [1.82, 2.24) is 4.90 Å². The van der Waals surface area contributed by atoms with Crippen LogP contribution < -0.4 is 5.73 Å². The summed E-state index contributed by atoms with van der Waals surface area (Å²) in [5.41, 5.74) is 6.32. The van der Waals surface area contributed by atoms with Gasteiger partial charge in [0.25, 0.3) is 0 Å². The van der Waals surface area contributed by atoms with E-state index in [9.17, 15) is 0 Å². The number of rotatable bonds is 11. The summed E-state index contributed by atoms with van der Waals surface area (Å²) in [6.07, 6.45) is 3.27. The smallest absolute Gasteiger partial charge is 0.0615 e. The molecule has 3 atom stereocenters. The first-order chi connectivity index (χ1) is 8.62. The Morgan fingerprint density at radius 3 is 2.28 bits per heavy atom. The average Bonchev–Trinajstić information content (AvgIpc) is 2.34. The van der Waals surface area contributed by atoms with Gasteiger partial charge in [-0.2, -0.15) is 0 Å². The molecule has 2 N–H and O–H groups in total. The third-order valence-corrected chi connectivity index (χ3v) is 3.49. The summed E-state index contributed by atoms with van der Waals surface area (Å²) in [4.78, 5) is 2.44. The van der Waals surface area contributed by atoms with E-state index in [0.717, 1.165) is 39.0 Å². The number of ether oxygens (including phenoxy) is 2. The molecule has 0 aromatic heterocycles. The first kappa shape index (κ1) is 17.8. The quantitative estimate of drug-likeness (QED) is 0.616. The molecule has 3 unspecified atom stereocenters. The number of hydrogen-bond donors (Lipinski definition) is 1. The SMILES string of the molecule is CCCC(N)C(CC)N(CCOC)C(C)COC. The van der Waals surface area contributed by atoms with Crippen LogP contribution in [0.2, 0.25) is 0 Å². The highest BCUT2D eigenvalue weighted by atomic mass is 16.5. The molecule has 0 saturated heterocycles. The van der Waals surface area contributed by atoms with Crippen molar-refractivity contribution in [2.45, 2.75) is 58.2 Å². The molecule has 0 radical (unpaired) electrons. The largest absolute Gasteiger partial charge is 0.383 e. The monoisotopic (exact) mass is 260 g/mol. The first-order valence-corrected chi connectivity index (χ1v) is 7.11. The predicted molar refractivity (Wildman–Crippen MR) is 76.9 cm³/mol. The lowest BCUT2D eigenvalue weighted by molar-refractivity contribution is 0.0366. The van der Waals surface area contributed by atoms with Crippen LogP contribution in [0.1, 0.15) is 40.0 Å². The average molecular weight is 260 g/mol. The Kier molecular flexibility index (Phi) is 10.6. The van der Waals surface area contributed by atoms with Crippen molar-refractivity contribution in [1.29, 1.82) is 0 Å². The minimum atomic E-state index is 0.233. The van der Waals surface area contributed by atoms with Crippen LogP contribution in [0.15, 0.2) is 0 Å². The summed E-state index contributed by atoms with van der Waals surface area (Å²) in [6, 6.07) is 1.01. The molecule has 110 valence electrons. The molecule has 0 aromatic rings. The van der Waals surface area contributed by atoms with Gasteiger partial charge in [0, 0.05) is 38.9 Å². The molecular weight excluding hydrogens is 228 g/mol. The standard InChI is InChI=1S/C14H32N2O2/c1-6-8-13(15)14(7-2)16(9-10-17-4)12(3)11-18-5/h12-14H,6-11,15H2,1-5H3. The zero-order chi connectivity index (χ0) is 14.0. The molecule has 4 nitrogen and oxygen atoms in total. The van der Waals surface area contributed by atoms with E-state index in [-0.39, 0.29) is 6.04 Å². The molecule has 0 spiro atoms. The lowest BCUT2D eigenvalue weighted by atomic mass is 9.98. The molecule has 0 rings (SSSR count). The van der Waals surface area contributed by atoms with Crippen LogP contribution in [0.4, 0.5) is 0 Å². The third kappa shape index (κ3) is 6.14. The third-order valence-electron chi connectivity index (χ3n) is 3.49. The number of nitrogens with two attached hydrogens (primary N) is 1. The highest BCUT2D eigenvalue weighted by molar-refractivity contribution is 4.84. The second kappa shape index (κ2) is 10.7. The van der Waals surface area contributed by atoms with Crippen LogP contribution in [0.25, 0.3) is 0 Å². The van der Waals surface area contributed by atoms with E-state index >= 15 is 0 Å². The summed E-state index contributed by atoms with van der Waals surface area (Å²) >= 11 is 0. The molecule has 0 aliphatic carbocycles. The van der Waals surface area contributed by atoms with E-state index in [0.29, 0.717) is 12.1 Å². The van der Waals surface area contributed by atoms with Gasteiger partial charge in [-0.05, 0) is 19.8 Å². The van der Waals surface area contributed by atoms with Crippen LogP contribution >= 0.6 is 0 Å². The maximum atomic E-state index is 6.32. The fourth-order valence-electron chi connectivity index (χ4n) is 2.56. The molecule has 0 fully saturated rings. The summed E-state index contributed by atoms with van der Waals surface area (Å²) in [5, 5.41) is 0. The van der Waals surface area contributed by atoms with Crippen LogP contribution in [0.3, 0.4) is 0 Å². The van der Waals surface area contributed by atoms with E-state index in [1.165, 1.54) is 0 Å². The molecule has 0 aliphatic heterocycles. The van der Waals surface area contributed by atoms with Crippen molar-refractivity contribution >= 4 is 0 Å². The van der Waals surface area contributed by atoms with Crippen LogP contribution in [0, 0.1) is 0 Å². The second-order valence-electron chi connectivity index (χ2n) is 4.96. The second-order valence-corrected chi connectivity index (χ2v) is 4.96. The summed E-state index contributed by atoms with van der Waals surface area (Å²) < 4.78 is 10.5. The highest BCUT2D eigenvalue weighted by Gasteiger charge is 2.26. The predicted octanol–water partition coefficient (Wildman–Crippen LogP) is 1.88. The van der Waals surface area contributed by atoms with Crippen molar-refractivity contribution in [3.63, 3.8) is 0 Å². The Morgan fingerprint density at radius 1 is 1.17 bits per heavy atom. The summed E-state index contributed by atoms with van der Waals surface area (Å²) in [5.74, 6) is 0. The fraction of sp³-hybridized carbons (Fsp3) is 1.00. The number of hydrogen-bond acceptors (Lipinski definition) is 4. The molecule has 0 bridgehead atoms. The van der Waals surface area contributed by atoms with Gasteiger partial charge in [-0.1, -0.05) is 20.3 Å². The zero-order valence-electron chi connectivity index (χ0n) is 12.8. The Balaban J connectivity index is 4.64. The van der Waals surface area contributed by atoms with Crippen LogP contribution in [-0.2, 0) is 9.47 Å². The van der Waals surface area contributed by atoms with Crippen molar-refractivity contribution in [3.05, 3.63) is 0 Å². The molecular formula is C14H32N2O2. The molecule has 0 amide bonds. The van der Waals surface area contributed by atoms with Crippen molar-refractivity contribution in [3.8, 4) is 0 Å². The fourth-order valence-corrected chi connectivity index (χ4v) is 2.56. The molecule has 4 heteroatoms. The lowest BCUT2D eigenvalue weighted by Gasteiger charge is -2.38. The highest BCUT2D eigenvalue weighted by Crippen LogP contribution is 2.15. The minimum absolute atomic E-state index is 0.233. The number of methoxy groups -OCH3 is 2. The van der Waals surface area contributed by atoms with Crippen molar-refractivity contribution in [2.75, 3.05) is 34.0 Å². The van der Waals surface area contributed by atoms with Gasteiger partial charge in [-0.25, -0.2) is 0 Å². The van der Waals surface area contributed by atoms with Gasteiger partial charge in [0.2, 0.25) is 0 Å². The lowest BCUT2D eigenvalue weighted by Crippen LogP contribution is -2.53. The summed E-state index contributed by atoms with van der Waals surface area (Å²) in [7, 11) is 3.49. The maximum Gasteiger partial charge on any atom is 0.0615 e. The Labute approximate surface area is 113 Å². The van der Waals surface area contributed by atoms with Gasteiger partial charge < -0.3 is 15.2 Å². The van der Waals surface area contributed by atoms with E-state index in [1.54, 1.807) is 14.2 Å². The maximum absolute atomic E-state index is 6.32. The van der Waals surface area contributed by atoms with E-state index < -0.39 is 0 Å². The van der Waals surface area contributed by atoms with Gasteiger partial charge in [-0.3, -0.25) is 4.90 Å². The van der Waals surface area contributed by atoms with Gasteiger partial charge in [0.15, 0.2) is 0 Å². The topological polar surface area (TPSA) is 47.7 Å². The number of nitrogens with zero attached hydrogens (tertiary/aromatic N) is 1. The molecule has 0 aromatic carbocycles. The van der Waals surface area contributed by atoms with Gasteiger partial charge >= 0.3 is 0 Å². The normalized spacial score (nSPS) is 16.8. The van der Waals surface area contributed by atoms with Crippen molar-refractivity contribution in [2.24, 2.45) is 5.73 Å². The zero-order valence-corrected chi connectivity index (χ0v) is 12.8. The van der Waals surface area contributed by atoms with Crippen LogP contribution in [0.5, 0.6) is 0 Å².